The number of aromatic amines is 1. The molecule has 3 unspecified atom stereocenters. The number of carbonyl (C=O) groups is 1. The molecule has 2 fully saturated rings. The summed E-state index contributed by atoms with van der Waals surface area (Å²) in [5.74, 6) is 2.87. The van der Waals surface area contributed by atoms with Gasteiger partial charge in [-0.15, -0.1) is 0 Å². The molecule has 0 aliphatic heterocycles. The second-order valence-corrected chi connectivity index (χ2v) is 10.9. The number of H-pyrrole nitrogens is 1. The van der Waals surface area contributed by atoms with E-state index in [0.29, 0.717) is 30.2 Å². The Morgan fingerprint density at radius 2 is 2.06 bits per heavy atom. The normalized spacial score (nSPS) is 33.6. The second-order valence-electron chi connectivity index (χ2n) is 10.9. The van der Waals surface area contributed by atoms with Crippen LogP contribution in [0.5, 0.6) is 0 Å². The zero-order valence-corrected chi connectivity index (χ0v) is 18.7. The van der Waals surface area contributed by atoms with Crippen molar-refractivity contribution >= 4 is 5.91 Å². The molecule has 6 rings (SSSR count). The number of aromatic nitrogens is 2. The van der Waals surface area contributed by atoms with Crippen molar-refractivity contribution < 1.29 is 4.79 Å². The van der Waals surface area contributed by atoms with Crippen molar-refractivity contribution in [3.05, 3.63) is 52.8 Å². The molecule has 0 bridgehead atoms. The molecule has 31 heavy (non-hydrogen) atoms. The fourth-order valence-corrected chi connectivity index (χ4v) is 7.69. The maximum atomic E-state index is 12.4. The van der Waals surface area contributed by atoms with Crippen LogP contribution < -0.4 is 5.32 Å². The average Bonchev–Trinajstić information content (AvgIpc) is 3.32. The van der Waals surface area contributed by atoms with Crippen molar-refractivity contribution in [2.24, 2.45) is 11.8 Å². The van der Waals surface area contributed by atoms with Crippen molar-refractivity contribution in [2.45, 2.75) is 94.4 Å². The molecule has 0 radical (unpaired) electrons. The summed E-state index contributed by atoms with van der Waals surface area (Å²) in [6.45, 7) is 2.48. The van der Waals surface area contributed by atoms with Crippen LogP contribution in [0.2, 0.25) is 0 Å². The molecule has 4 aliphatic rings. The van der Waals surface area contributed by atoms with Gasteiger partial charge < -0.3 is 5.32 Å². The number of carbonyl (C=O) groups excluding carboxylic acids is 1. The lowest BCUT2D eigenvalue weighted by Crippen LogP contribution is -2.44. The smallest absolute Gasteiger partial charge is 0.220 e. The predicted octanol–water partition coefficient (Wildman–Crippen LogP) is 5.36. The van der Waals surface area contributed by atoms with Crippen LogP contribution in [0, 0.1) is 11.8 Å². The number of aryl methyl sites for hydroxylation is 1. The Morgan fingerprint density at radius 1 is 1.19 bits per heavy atom. The Morgan fingerprint density at radius 3 is 2.90 bits per heavy atom. The van der Waals surface area contributed by atoms with Crippen LogP contribution in [0.25, 0.3) is 0 Å². The van der Waals surface area contributed by atoms with Gasteiger partial charge in [0.25, 0.3) is 0 Å². The Hall–Kier alpha value is -2.10. The fourth-order valence-electron chi connectivity index (χ4n) is 7.69. The van der Waals surface area contributed by atoms with Crippen molar-refractivity contribution in [3.8, 4) is 0 Å². The van der Waals surface area contributed by atoms with Crippen LogP contribution in [0.3, 0.4) is 0 Å². The van der Waals surface area contributed by atoms with Crippen molar-refractivity contribution in [3.63, 3.8) is 0 Å². The number of amides is 1. The Kier molecular flexibility index (Phi) is 4.73. The van der Waals surface area contributed by atoms with Gasteiger partial charge in [-0.2, -0.15) is 5.10 Å². The zero-order valence-electron chi connectivity index (χ0n) is 18.7. The highest BCUT2D eigenvalue weighted by Gasteiger charge is 2.57. The molecule has 0 spiro atoms. The summed E-state index contributed by atoms with van der Waals surface area (Å²) < 4.78 is 0. The first kappa shape index (κ1) is 19.6. The summed E-state index contributed by atoms with van der Waals surface area (Å²) in [6, 6.07) is 9.62. The molecule has 2 aromatic rings. The lowest BCUT2D eigenvalue weighted by atomic mass is 9.53. The monoisotopic (exact) mass is 417 g/mol. The van der Waals surface area contributed by atoms with Gasteiger partial charge in [-0.3, -0.25) is 9.89 Å². The quantitative estimate of drug-likeness (QED) is 0.688. The standard InChI is InChI=1S/C27H35N3O/c1-27-15-14-20-19-9-3-2-6-17(19)12-13-22(20)25(27)21(23-16-28-30-26(23)27)10-5-11-24(31)29-18-7-4-8-18/h2-3,6,9,16,18,20-22,25H,4-5,7-8,10-15H2,1H3,(H,28,30)(H,29,31)/t20?,21-,22?,25?,27+/m1/s1. The van der Waals surface area contributed by atoms with E-state index in [0.717, 1.165) is 31.6 Å². The van der Waals surface area contributed by atoms with Gasteiger partial charge in [0.1, 0.15) is 0 Å². The SMILES string of the molecule is C[C@]12CCC3c4ccccc4CCC3C1[C@H](CCCC(=O)NC1CCC1)c1c[nH]nc12. The first-order valence-electron chi connectivity index (χ1n) is 12.6. The molecule has 1 aromatic heterocycles. The first-order chi connectivity index (χ1) is 15.1. The van der Waals surface area contributed by atoms with Gasteiger partial charge in [0.05, 0.1) is 5.69 Å². The van der Waals surface area contributed by atoms with Gasteiger partial charge in [-0.1, -0.05) is 31.2 Å². The van der Waals surface area contributed by atoms with E-state index in [9.17, 15) is 4.79 Å². The van der Waals surface area contributed by atoms with E-state index in [4.69, 9.17) is 5.10 Å². The van der Waals surface area contributed by atoms with E-state index in [1.807, 2.05) is 0 Å². The third-order valence-electron chi connectivity index (χ3n) is 9.32. The van der Waals surface area contributed by atoms with Gasteiger partial charge in [0.15, 0.2) is 0 Å². The number of nitrogens with one attached hydrogen (secondary N) is 2. The minimum absolute atomic E-state index is 0.182. The van der Waals surface area contributed by atoms with E-state index in [1.165, 1.54) is 43.4 Å². The third kappa shape index (κ3) is 3.08. The highest BCUT2D eigenvalue weighted by Crippen LogP contribution is 2.64. The molecule has 5 atom stereocenters. The summed E-state index contributed by atoms with van der Waals surface area (Å²) in [5, 5.41) is 11.2. The fraction of sp³-hybridized carbons (Fsp3) is 0.630. The van der Waals surface area contributed by atoms with Gasteiger partial charge in [0, 0.05) is 24.1 Å². The minimum atomic E-state index is 0.182. The second kappa shape index (κ2) is 7.50. The summed E-state index contributed by atoms with van der Waals surface area (Å²) in [6.07, 6.45) is 13.5. The van der Waals surface area contributed by atoms with Gasteiger partial charge in [-0.05, 0) is 98.1 Å². The molecule has 1 amide bonds. The van der Waals surface area contributed by atoms with Crippen LogP contribution in [0.15, 0.2) is 30.5 Å². The molecule has 2 N–H and O–H groups in total. The van der Waals surface area contributed by atoms with Gasteiger partial charge in [-0.25, -0.2) is 0 Å². The van der Waals surface area contributed by atoms with E-state index in [-0.39, 0.29) is 11.3 Å². The molecular weight excluding hydrogens is 382 g/mol. The van der Waals surface area contributed by atoms with Crippen molar-refractivity contribution in [1.29, 1.82) is 0 Å². The van der Waals surface area contributed by atoms with E-state index >= 15 is 0 Å². The maximum absolute atomic E-state index is 12.4. The zero-order chi connectivity index (χ0) is 21.0. The van der Waals surface area contributed by atoms with E-state index in [2.05, 4.69) is 47.8 Å². The average molecular weight is 418 g/mol. The number of fused-ring (bicyclic) bond motifs is 7. The van der Waals surface area contributed by atoms with Gasteiger partial charge in [0.2, 0.25) is 5.91 Å². The number of nitrogens with zero attached hydrogens (tertiary/aromatic N) is 1. The molecule has 2 saturated carbocycles. The maximum Gasteiger partial charge on any atom is 0.220 e. The molecular formula is C27H35N3O. The number of benzene rings is 1. The molecule has 0 saturated heterocycles. The highest BCUT2D eigenvalue weighted by atomic mass is 16.1. The van der Waals surface area contributed by atoms with Crippen LogP contribution in [-0.4, -0.2) is 22.1 Å². The van der Waals surface area contributed by atoms with E-state index in [1.54, 1.807) is 11.1 Å². The topological polar surface area (TPSA) is 57.8 Å². The largest absolute Gasteiger partial charge is 0.353 e. The molecule has 1 heterocycles. The molecule has 1 aromatic carbocycles. The molecule has 164 valence electrons. The van der Waals surface area contributed by atoms with Crippen molar-refractivity contribution in [1.82, 2.24) is 15.5 Å². The third-order valence-corrected chi connectivity index (χ3v) is 9.32. The number of hydrogen-bond donors (Lipinski definition) is 2. The Labute approximate surface area is 185 Å². The number of hydrogen-bond acceptors (Lipinski definition) is 2. The summed E-state index contributed by atoms with van der Waals surface area (Å²) in [7, 11) is 0. The lowest BCUT2D eigenvalue weighted by molar-refractivity contribution is -0.122. The molecule has 4 aliphatic carbocycles. The minimum Gasteiger partial charge on any atom is -0.353 e. The highest BCUT2D eigenvalue weighted by molar-refractivity contribution is 5.76. The van der Waals surface area contributed by atoms with Crippen LogP contribution >= 0.6 is 0 Å². The lowest BCUT2D eigenvalue weighted by Gasteiger charge is -2.50. The summed E-state index contributed by atoms with van der Waals surface area (Å²) >= 11 is 0. The van der Waals surface area contributed by atoms with Gasteiger partial charge >= 0.3 is 0 Å². The van der Waals surface area contributed by atoms with Crippen LogP contribution in [-0.2, 0) is 16.6 Å². The summed E-state index contributed by atoms with van der Waals surface area (Å²) in [5.41, 5.74) is 6.16. The Balaban J connectivity index is 1.23. The molecule has 4 nitrogen and oxygen atoms in total. The first-order valence-corrected chi connectivity index (χ1v) is 12.6. The Bertz CT molecular complexity index is 976. The van der Waals surface area contributed by atoms with Crippen LogP contribution in [0.1, 0.15) is 98.9 Å². The molecule has 4 heteroatoms. The number of rotatable bonds is 5. The van der Waals surface area contributed by atoms with E-state index < -0.39 is 0 Å². The van der Waals surface area contributed by atoms with Crippen molar-refractivity contribution in [2.75, 3.05) is 0 Å². The van der Waals surface area contributed by atoms with Crippen LogP contribution in [0.4, 0.5) is 0 Å². The summed E-state index contributed by atoms with van der Waals surface area (Å²) in [4.78, 5) is 12.4. The predicted molar refractivity (Wildman–Crippen MR) is 122 cm³/mol.